The van der Waals surface area contributed by atoms with Gasteiger partial charge in [-0.05, 0) is 37.5 Å². The minimum absolute atomic E-state index is 0.0897. The van der Waals surface area contributed by atoms with Crippen molar-refractivity contribution in [2.75, 3.05) is 12.0 Å². The fourth-order valence-electron chi connectivity index (χ4n) is 4.98. The number of carbonyl (C=O) groups excluding carboxylic acids is 1. The number of carbonyl (C=O) groups is 1. The van der Waals surface area contributed by atoms with Crippen molar-refractivity contribution in [3.63, 3.8) is 0 Å². The molecule has 0 bridgehead atoms. The predicted octanol–water partition coefficient (Wildman–Crippen LogP) is 4.68. The van der Waals surface area contributed by atoms with Gasteiger partial charge in [0, 0.05) is 25.6 Å². The van der Waals surface area contributed by atoms with Crippen LogP contribution in [-0.4, -0.2) is 47.3 Å². The fraction of sp³-hybridized carbons (Fsp3) is 0.385. The van der Waals surface area contributed by atoms with Crippen molar-refractivity contribution in [1.29, 1.82) is 0 Å². The highest BCUT2D eigenvalue weighted by atomic mass is 19.4. The van der Waals surface area contributed by atoms with Crippen molar-refractivity contribution in [2.24, 2.45) is 7.05 Å². The van der Waals surface area contributed by atoms with Gasteiger partial charge in [-0.2, -0.15) is 18.2 Å². The number of aryl methyl sites for hydroxylation is 2. The van der Waals surface area contributed by atoms with Gasteiger partial charge in [-0.3, -0.25) is 9.69 Å². The number of imidazole rings is 1. The van der Waals surface area contributed by atoms with E-state index in [4.69, 9.17) is 4.74 Å². The van der Waals surface area contributed by atoms with Crippen LogP contribution in [0.5, 0.6) is 5.88 Å². The quantitative estimate of drug-likeness (QED) is 0.318. The minimum atomic E-state index is -4.65. The Labute approximate surface area is 225 Å². The van der Waals surface area contributed by atoms with E-state index in [2.05, 4.69) is 25.0 Å². The lowest BCUT2D eigenvalue weighted by atomic mass is 10.0. The van der Waals surface area contributed by atoms with Gasteiger partial charge in [0.25, 0.3) is 0 Å². The van der Waals surface area contributed by atoms with E-state index in [1.165, 1.54) is 37.5 Å². The number of halogens is 4. The summed E-state index contributed by atoms with van der Waals surface area (Å²) in [5, 5.41) is 4.64. The average Bonchev–Trinajstić information content (AvgIpc) is 3.56. The molecule has 208 valence electrons. The van der Waals surface area contributed by atoms with Crippen LogP contribution in [-0.2, 0) is 24.6 Å². The van der Waals surface area contributed by atoms with E-state index in [1.54, 1.807) is 17.7 Å². The number of hydrogen-bond acceptors (Lipinski definition) is 7. The van der Waals surface area contributed by atoms with Gasteiger partial charge >= 0.3 is 6.18 Å². The summed E-state index contributed by atoms with van der Waals surface area (Å²) in [5.41, 5.74) is 0.603. The molecule has 1 aliphatic carbocycles. The van der Waals surface area contributed by atoms with Gasteiger partial charge < -0.3 is 9.30 Å². The number of ether oxygens (including phenoxy) is 1. The number of nitrogens with zero attached hydrogens (tertiary/aromatic N) is 8. The zero-order valence-electron chi connectivity index (χ0n) is 21.8. The molecule has 2 aliphatic rings. The van der Waals surface area contributed by atoms with E-state index in [9.17, 15) is 18.0 Å². The molecule has 1 saturated carbocycles. The Morgan fingerprint density at radius 3 is 2.58 bits per heavy atom. The maximum atomic E-state index is 15.3. The van der Waals surface area contributed by atoms with Crippen molar-refractivity contribution in [3.8, 4) is 28.7 Å². The molecule has 0 saturated heterocycles. The number of methoxy groups -OCH3 is 1. The van der Waals surface area contributed by atoms with Crippen LogP contribution >= 0.6 is 0 Å². The molecule has 0 spiro atoms. The molecule has 10 nitrogen and oxygen atoms in total. The number of alkyl halides is 3. The minimum Gasteiger partial charge on any atom is -0.480 e. The zero-order chi connectivity index (χ0) is 28.3. The molecule has 6 rings (SSSR count). The molecule has 1 aromatic carbocycles. The van der Waals surface area contributed by atoms with Crippen molar-refractivity contribution in [1.82, 2.24) is 34.3 Å². The maximum absolute atomic E-state index is 15.3. The Morgan fingerprint density at radius 1 is 1.15 bits per heavy atom. The second-order valence-corrected chi connectivity index (χ2v) is 9.86. The highest BCUT2D eigenvalue weighted by molar-refractivity contribution is 5.94. The monoisotopic (exact) mass is 556 g/mol. The standard InChI is InChI=1S/C26H24F4N8O2/c1-13(15-6-7-16(17(27)10-15)23-33-18(11-36(23)2)26(28,29)30)38-19(39)8-9-37-25(38)34-22(35-37)20-21(14-4-5-14)31-12-32-24(20)40-3/h6-7,10-14H,4-5,8-9H2,1-3H3/t13-/m1/s1. The van der Waals surface area contributed by atoms with Gasteiger partial charge in [-0.25, -0.2) is 24.0 Å². The Kier molecular flexibility index (Phi) is 6.07. The third-order valence-electron chi connectivity index (χ3n) is 7.17. The third-order valence-corrected chi connectivity index (χ3v) is 7.17. The van der Waals surface area contributed by atoms with Crippen LogP contribution in [0.4, 0.5) is 23.5 Å². The van der Waals surface area contributed by atoms with Crippen molar-refractivity contribution in [3.05, 3.63) is 53.5 Å². The number of fused-ring (bicyclic) bond motifs is 1. The lowest BCUT2D eigenvalue weighted by Crippen LogP contribution is -2.39. The second-order valence-electron chi connectivity index (χ2n) is 9.86. The van der Waals surface area contributed by atoms with Crippen LogP contribution in [0.2, 0.25) is 0 Å². The van der Waals surface area contributed by atoms with E-state index < -0.39 is 23.7 Å². The molecule has 1 fully saturated rings. The number of anilines is 1. The number of amides is 1. The molecular formula is C26H24F4N8O2. The van der Waals surface area contributed by atoms with Gasteiger partial charge in [-0.1, -0.05) is 6.07 Å². The molecule has 1 amide bonds. The largest absolute Gasteiger partial charge is 0.480 e. The summed E-state index contributed by atoms with van der Waals surface area (Å²) in [6, 6.07) is 3.47. The van der Waals surface area contributed by atoms with Crippen molar-refractivity contribution >= 4 is 11.9 Å². The summed E-state index contributed by atoms with van der Waals surface area (Å²) in [5.74, 6) is 0.0726. The molecule has 1 aliphatic heterocycles. The predicted molar refractivity (Wildman–Crippen MR) is 134 cm³/mol. The molecule has 14 heteroatoms. The summed E-state index contributed by atoms with van der Waals surface area (Å²) in [4.78, 5) is 31.5. The molecule has 4 heterocycles. The first-order valence-electron chi connectivity index (χ1n) is 12.6. The van der Waals surface area contributed by atoms with Gasteiger partial charge in [0.15, 0.2) is 11.5 Å². The van der Waals surface area contributed by atoms with Crippen LogP contribution in [0.25, 0.3) is 22.8 Å². The Balaban J connectivity index is 1.35. The molecule has 1 atom stereocenters. The second kappa shape index (κ2) is 9.38. The molecule has 0 N–H and O–H groups in total. The Morgan fingerprint density at radius 2 is 1.93 bits per heavy atom. The highest BCUT2D eigenvalue weighted by Gasteiger charge is 2.37. The zero-order valence-corrected chi connectivity index (χ0v) is 21.8. The van der Waals surface area contributed by atoms with Crippen molar-refractivity contribution < 1.29 is 27.1 Å². The SMILES string of the molecule is COc1ncnc(C2CC2)c1-c1nc2n(n1)CCC(=O)N2[C@H](C)c1ccc(-c2nc(C(F)(F)F)cn2C)c(F)c1. The maximum Gasteiger partial charge on any atom is 0.434 e. The first-order chi connectivity index (χ1) is 19.1. The molecule has 0 unspecified atom stereocenters. The van der Waals surface area contributed by atoms with Crippen LogP contribution in [0.1, 0.15) is 55.1 Å². The van der Waals surface area contributed by atoms with Crippen molar-refractivity contribution in [2.45, 2.75) is 50.9 Å². The number of aromatic nitrogens is 7. The summed E-state index contributed by atoms with van der Waals surface area (Å²) >= 11 is 0. The summed E-state index contributed by atoms with van der Waals surface area (Å²) in [7, 11) is 2.87. The van der Waals surface area contributed by atoms with Gasteiger partial charge in [0.05, 0.1) is 31.0 Å². The van der Waals surface area contributed by atoms with Gasteiger partial charge in [-0.15, -0.1) is 5.10 Å². The molecule has 40 heavy (non-hydrogen) atoms. The topological polar surface area (TPSA) is 104 Å². The summed E-state index contributed by atoms with van der Waals surface area (Å²) < 4.78 is 62.8. The Hall–Kier alpha value is -4.36. The van der Waals surface area contributed by atoms with E-state index in [0.29, 0.717) is 29.4 Å². The van der Waals surface area contributed by atoms with Crippen LogP contribution in [0.15, 0.2) is 30.7 Å². The number of hydrogen-bond donors (Lipinski definition) is 0. The normalized spacial score (nSPS) is 16.3. The third kappa shape index (κ3) is 4.36. The summed E-state index contributed by atoms with van der Waals surface area (Å²) in [6.45, 7) is 2.04. The van der Waals surface area contributed by atoms with Gasteiger partial charge in [0.2, 0.25) is 17.7 Å². The van der Waals surface area contributed by atoms with E-state index in [0.717, 1.165) is 29.3 Å². The fourth-order valence-corrected chi connectivity index (χ4v) is 4.98. The first-order valence-corrected chi connectivity index (χ1v) is 12.6. The number of rotatable bonds is 6. The lowest BCUT2D eigenvalue weighted by molar-refractivity contribution is -0.140. The highest BCUT2D eigenvalue weighted by Crippen LogP contribution is 2.45. The first kappa shape index (κ1) is 25.9. The van der Waals surface area contributed by atoms with Crippen LogP contribution in [0, 0.1) is 5.82 Å². The molecule has 3 aromatic heterocycles. The van der Waals surface area contributed by atoms with E-state index in [1.807, 2.05) is 0 Å². The van der Waals surface area contributed by atoms with Crippen LogP contribution < -0.4 is 9.64 Å². The van der Waals surface area contributed by atoms with Crippen LogP contribution in [0.3, 0.4) is 0 Å². The van der Waals surface area contributed by atoms with E-state index in [-0.39, 0.29) is 35.6 Å². The van der Waals surface area contributed by atoms with Gasteiger partial charge in [0.1, 0.15) is 23.5 Å². The molecule has 0 radical (unpaired) electrons. The number of benzene rings is 1. The Bertz CT molecular complexity index is 1630. The summed E-state index contributed by atoms with van der Waals surface area (Å²) in [6.07, 6.45) is -0.272. The lowest BCUT2D eigenvalue weighted by Gasteiger charge is -2.31. The van der Waals surface area contributed by atoms with E-state index >= 15 is 4.39 Å². The molecular weight excluding hydrogens is 532 g/mol. The molecule has 4 aromatic rings. The smallest absolute Gasteiger partial charge is 0.434 e. The average molecular weight is 557 g/mol.